The highest BCUT2D eigenvalue weighted by Crippen LogP contribution is 2.26. The molecule has 180 valence electrons. The lowest BCUT2D eigenvalue weighted by atomic mass is 10.0. The van der Waals surface area contributed by atoms with Crippen molar-refractivity contribution in [3.8, 4) is 5.75 Å². The van der Waals surface area contributed by atoms with Gasteiger partial charge in [-0.2, -0.15) is 0 Å². The van der Waals surface area contributed by atoms with E-state index in [1.807, 2.05) is 32.9 Å². The van der Waals surface area contributed by atoms with Crippen LogP contribution in [0.2, 0.25) is 0 Å². The van der Waals surface area contributed by atoms with Crippen molar-refractivity contribution in [3.05, 3.63) is 83.9 Å². The minimum absolute atomic E-state index is 0.00472. The number of benzene rings is 3. The molecule has 3 rings (SSSR count). The van der Waals surface area contributed by atoms with Gasteiger partial charge in [0.25, 0.3) is 10.0 Å². The van der Waals surface area contributed by atoms with Crippen molar-refractivity contribution in [2.24, 2.45) is 0 Å². The van der Waals surface area contributed by atoms with E-state index in [2.05, 4.69) is 19.2 Å². The Labute approximate surface area is 202 Å². The summed E-state index contributed by atoms with van der Waals surface area (Å²) in [5, 5.41) is 2.79. The van der Waals surface area contributed by atoms with Crippen molar-refractivity contribution >= 4 is 27.3 Å². The average Bonchev–Trinajstić information content (AvgIpc) is 2.77. The van der Waals surface area contributed by atoms with E-state index in [1.165, 1.54) is 0 Å². The fourth-order valence-corrected chi connectivity index (χ4v) is 4.85. The largest absolute Gasteiger partial charge is 0.491 e. The van der Waals surface area contributed by atoms with Gasteiger partial charge >= 0.3 is 0 Å². The third-order valence-electron chi connectivity index (χ3n) is 5.23. The quantitative estimate of drug-likeness (QED) is 0.424. The van der Waals surface area contributed by atoms with Crippen LogP contribution in [0.5, 0.6) is 5.75 Å². The maximum Gasteiger partial charge on any atom is 0.264 e. The zero-order valence-corrected chi connectivity index (χ0v) is 21.1. The highest BCUT2D eigenvalue weighted by molar-refractivity contribution is 7.92. The standard InChI is InChI=1S/C27H32N2O4S/c1-19(2)22-11-13-24(14-12-22)29(34(31,32)26-15-9-21(5)10-16-26)18-27(30)28-23-7-6-8-25(17-23)33-20(3)4/h6-17,19-20H,18H2,1-5H3,(H,28,30). The predicted molar refractivity (Wildman–Crippen MR) is 137 cm³/mol. The number of aryl methyl sites for hydroxylation is 1. The van der Waals surface area contributed by atoms with Gasteiger partial charge in [0.2, 0.25) is 5.91 Å². The highest BCUT2D eigenvalue weighted by Gasteiger charge is 2.27. The molecule has 0 saturated heterocycles. The molecule has 34 heavy (non-hydrogen) atoms. The van der Waals surface area contributed by atoms with Crippen LogP contribution < -0.4 is 14.4 Å². The first-order valence-corrected chi connectivity index (χ1v) is 12.8. The van der Waals surface area contributed by atoms with E-state index in [9.17, 15) is 13.2 Å². The third kappa shape index (κ3) is 6.38. The molecule has 0 aromatic heterocycles. The van der Waals surface area contributed by atoms with Gasteiger partial charge in [0.15, 0.2) is 0 Å². The van der Waals surface area contributed by atoms with Crippen molar-refractivity contribution in [2.45, 2.75) is 51.5 Å². The monoisotopic (exact) mass is 480 g/mol. The molecule has 6 nitrogen and oxygen atoms in total. The molecular weight excluding hydrogens is 448 g/mol. The van der Waals surface area contributed by atoms with Crippen molar-refractivity contribution < 1.29 is 17.9 Å². The number of amides is 1. The molecule has 0 aliphatic rings. The second-order valence-electron chi connectivity index (χ2n) is 8.81. The van der Waals surface area contributed by atoms with Crippen molar-refractivity contribution in [3.63, 3.8) is 0 Å². The van der Waals surface area contributed by atoms with Crippen LogP contribution >= 0.6 is 0 Å². The van der Waals surface area contributed by atoms with E-state index in [4.69, 9.17) is 4.74 Å². The molecule has 7 heteroatoms. The van der Waals surface area contributed by atoms with Gasteiger partial charge in [0.1, 0.15) is 12.3 Å². The summed E-state index contributed by atoms with van der Waals surface area (Å²) >= 11 is 0. The third-order valence-corrected chi connectivity index (χ3v) is 7.02. The second kappa shape index (κ2) is 10.7. The van der Waals surface area contributed by atoms with E-state index < -0.39 is 15.9 Å². The van der Waals surface area contributed by atoms with Gasteiger partial charge in [-0.05, 0) is 68.7 Å². The predicted octanol–water partition coefficient (Wildman–Crippen LogP) is 5.74. The van der Waals surface area contributed by atoms with Gasteiger partial charge in [-0.25, -0.2) is 8.42 Å². The molecule has 1 N–H and O–H groups in total. The fraction of sp³-hybridized carbons (Fsp3) is 0.296. The Kier molecular flexibility index (Phi) is 7.99. The zero-order valence-electron chi connectivity index (χ0n) is 20.3. The maximum absolute atomic E-state index is 13.6. The topological polar surface area (TPSA) is 75.7 Å². The molecule has 0 radical (unpaired) electrons. The normalized spacial score (nSPS) is 11.5. The van der Waals surface area contributed by atoms with E-state index in [-0.39, 0.29) is 17.5 Å². The Morgan fingerprint density at radius 1 is 0.941 bits per heavy atom. The average molecular weight is 481 g/mol. The lowest BCUT2D eigenvalue weighted by molar-refractivity contribution is -0.114. The van der Waals surface area contributed by atoms with Crippen molar-refractivity contribution in [1.82, 2.24) is 0 Å². The fourth-order valence-electron chi connectivity index (χ4n) is 3.43. The van der Waals surface area contributed by atoms with Gasteiger partial charge in [-0.1, -0.05) is 49.7 Å². The molecule has 0 heterocycles. The van der Waals surface area contributed by atoms with Crippen LogP contribution in [0.3, 0.4) is 0 Å². The number of carbonyl (C=O) groups excluding carboxylic acids is 1. The van der Waals surface area contributed by atoms with Crippen molar-refractivity contribution in [2.75, 3.05) is 16.2 Å². The van der Waals surface area contributed by atoms with Gasteiger partial charge in [0.05, 0.1) is 16.7 Å². The summed E-state index contributed by atoms with van der Waals surface area (Å²) in [5.41, 5.74) is 3.00. The van der Waals surface area contributed by atoms with Crippen LogP contribution in [0.15, 0.2) is 77.7 Å². The van der Waals surface area contributed by atoms with Crippen LogP contribution in [0.25, 0.3) is 0 Å². The molecule has 0 spiro atoms. The second-order valence-corrected chi connectivity index (χ2v) is 10.7. The van der Waals surface area contributed by atoms with E-state index in [0.717, 1.165) is 15.4 Å². The number of anilines is 2. The Bertz CT molecular complexity index is 1220. The molecule has 0 saturated carbocycles. The first-order chi connectivity index (χ1) is 16.1. The van der Waals surface area contributed by atoms with Gasteiger partial charge < -0.3 is 10.1 Å². The van der Waals surface area contributed by atoms with E-state index in [0.29, 0.717) is 23.0 Å². The number of rotatable bonds is 9. The Morgan fingerprint density at radius 3 is 2.18 bits per heavy atom. The first kappa shape index (κ1) is 25.3. The molecule has 0 bridgehead atoms. The first-order valence-electron chi connectivity index (χ1n) is 11.3. The maximum atomic E-state index is 13.6. The molecule has 0 fully saturated rings. The molecular formula is C27H32N2O4S. The zero-order chi connectivity index (χ0) is 24.9. The molecule has 1 amide bonds. The lowest BCUT2D eigenvalue weighted by Gasteiger charge is -2.24. The summed E-state index contributed by atoms with van der Waals surface area (Å²) in [5.74, 6) is 0.478. The number of sulfonamides is 1. The van der Waals surface area contributed by atoms with Gasteiger partial charge in [-0.3, -0.25) is 9.10 Å². The van der Waals surface area contributed by atoms with Crippen molar-refractivity contribution in [1.29, 1.82) is 0 Å². The van der Waals surface area contributed by atoms with Crippen LogP contribution in [0, 0.1) is 6.92 Å². The van der Waals surface area contributed by atoms with Gasteiger partial charge in [-0.15, -0.1) is 0 Å². The number of nitrogens with one attached hydrogen (secondary N) is 1. The number of carbonyl (C=O) groups is 1. The minimum Gasteiger partial charge on any atom is -0.491 e. The molecule has 0 unspecified atom stereocenters. The Balaban J connectivity index is 1.91. The molecule has 0 aliphatic heterocycles. The Hall–Kier alpha value is -3.32. The van der Waals surface area contributed by atoms with Gasteiger partial charge in [0, 0.05) is 11.8 Å². The summed E-state index contributed by atoms with van der Waals surface area (Å²) in [7, 11) is -3.97. The molecule has 3 aromatic rings. The smallest absolute Gasteiger partial charge is 0.264 e. The SMILES string of the molecule is Cc1ccc(S(=O)(=O)N(CC(=O)Nc2cccc(OC(C)C)c2)c2ccc(C(C)C)cc2)cc1. The minimum atomic E-state index is -3.97. The summed E-state index contributed by atoms with van der Waals surface area (Å²) in [6.45, 7) is 9.50. The highest BCUT2D eigenvalue weighted by atomic mass is 32.2. The number of ether oxygens (including phenoxy) is 1. The summed E-state index contributed by atoms with van der Waals surface area (Å²) in [4.78, 5) is 13.1. The Morgan fingerprint density at radius 2 is 1.59 bits per heavy atom. The number of nitrogens with zero attached hydrogens (tertiary/aromatic N) is 1. The molecule has 0 aliphatic carbocycles. The lowest BCUT2D eigenvalue weighted by Crippen LogP contribution is -2.38. The van der Waals surface area contributed by atoms with E-state index >= 15 is 0 Å². The molecule has 0 atom stereocenters. The summed E-state index contributed by atoms with van der Waals surface area (Å²) in [6, 6.07) is 20.9. The van der Waals surface area contributed by atoms with E-state index in [1.54, 1.807) is 60.7 Å². The number of hydrogen-bond donors (Lipinski definition) is 1. The summed E-state index contributed by atoms with van der Waals surface area (Å²) in [6.07, 6.45) is -0.00472. The molecule has 3 aromatic carbocycles. The van der Waals surface area contributed by atoms with Crippen LogP contribution in [0.4, 0.5) is 11.4 Å². The number of hydrogen-bond acceptors (Lipinski definition) is 4. The van der Waals surface area contributed by atoms with Crippen LogP contribution in [0.1, 0.15) is 44.7 Å². The van der Waals surface area contributed by atoms with Crippen LogP contribution in [-0.2, 0) is 14.8 Å². The summed E-state index contributed by atoms with van der Waals surface area (Å²) < 4.78 is 33.9. The van der Waals surface area contributed by atoms with Crippen LogP contribution in [-0.4, -0.2) is 27.0 Å².